The third-order valence-corrected chi connectivity index (χ3v) is 4.09. The molecule has 0 aliphatic heterocycles. The zero-order chi connectivity index (χ0) is 18.1. The molecule has 134 valence electrons. The highest BCUT2D eigenvalue weighted by molar-refractivity contribution is 6.30. The van der Waals surface area contributed by atoms with Gasteiger partial charge in [-0.2, -0.15) is 0 Å². The number of amides is 1. The molecule has 0 aliphatic rings. The number of rotatable bonds is 9. The van der Waals surface area contributed by atoms with E-state index >= 15 is 0 Å². The number of carbonyl (C=O) groups excluding carboxylic acids is 1. The summed E-state index contributed by atoms with van der Waals surface area (Å²) in [6.07, 6.45) is 1.74. The van der Waals surface area contributed by atoms with E-state index in [4.69, 9.17) is 21.1 Å². The molecule has 5 heteroatoms. The maximum absolute atomic E-state index is 12.3. The summed E-state index contributed by atoms with van der Waals surface area (Å²) in [7, 11) is 1.67. The summed E-state index contributed by atoms with van der Waals surface area (Å²) < 4.78 is 11.1. The van der Waals surface area contributed by atoms with Crippen LogP contribution in [0.1, 0.15) is 25.3 Å². The van der Waals surface area contributed by atoms with Gasteiger partial charge >= 0.3 is 0 Å². The van der Waals surface area contributed by atoms with Crippen LogP contribution in [0.5, 0.6) is 11.5 Å². The van der Waals surface area contributed by atoms with Crippen molar-refractivity contribution in [3.63, 3.8) is 0 Å². The molecule has 0 radical (unpaired) electrons. The van der Waals surface area contributed by atoms with Crippen LogP contribution in [0.3, 0.4) is 0 Å². The van der Waals surface area contributed by atoms with Gasteiger partial charge in [-0.1, -0.05) is 42.8 Å². The Morgan fingerprint density at radius 2 is 2.00 bits per heavy atom. The molecular weight excluding hydrogens is 338 g/mol. The molecule has 1 amide bonds. The number of carbonyl (C=O) groups is 1. The highest BCUT2D eigenvalue weighted by atomic mass is 35.5. The molecule has 0 bridgehead atoms. The Kier molecular flexibility index (Phi) is 7.61. The number of nitrogens with one attached hydrogen (secondary N) is 1. The van der Waals surface area contributed by atoms with Gasteiger partial charge in [-0.3, -0.25) is 4.79 Å². The number of hydrogen-bond acceptors (Lipinski definition) is 3. The average molecular weight is 362 g/mol. The SMILES string of the molecule is CC[C@@H](Oc1cccc(Cl)c1)C(=O)NCCCc1ccccc1OC. The first-order valence-corrected chi connectivity index (χ1v) is 8.83. The number of methoxy groups -OCH3 is 1. The van der Waals surface area contributed by atoms with E-state index in [9.17, 15) is 4.79 Å². The Labute approximate surface area is 154 Å². The fourth-order valence-electron chi connectivity index (χ4n) is 2.54. The number of hydrogen-bond donors (Lipinski definition) is 1. The van der Waals surface area contributed by atoms with Gasteiger partial charge in [0.25, 0.3) is 5.91 Å². The highest BCUT2D eigenvalue weighted by Crippen LogP contribution is 2.20. The van der Waals surface area contributed by atoms with Crippen molar-refractivity contribution in [3.05, 3.63) is 59.1 Å². The molecule has 0 spiro atoms. The lowest BCUT2D eigenvalue weighted by molar-refractivity contribution is -0.128. The van der Waals surface area contributed by atoms with E-state index in [0.29, 0.717) is 23.7 Å². The predicted octanol–water partition coefficient (Wildman–Crippen LogP) is 4.26. The largest absolute Gasteiger partial charge is 0.496 e. The molecule has 4 nitrogen and oxygen atoms in total. The van der Waals surface area contributed by atoms with Crippen molar-refractivity contribution in [2.75, 3.05) is 13.7 Å². The standard InChI is InChI=1S/C20H24ClNO3/c1-3-18(25-17-11-6-10-16(21)14-17)20(23)22-13-7-9-15-8-4-5-12-19(15)24-2/h4-6,8,10-12,14,18H,3,7,9,13H2,1-2H3,(H,22,23)/t18-/m1/s1. The van der Waals surface area contributed by atoms with Crippen LogP contribution in [0, 0.1) is 0 Å². The van der Waals surface area contributed by atoms with Gasteiger partial charge in [0.2, 0.25) is 0 Å². The van der Waals surface area contributed by atoms with Crippen molar-refractivity contribution in [1.29, 1.82) is 0 Å². The van der Waals surface area contributed by atoms with E-state index in [2.05, 4.69) is 5.32 Å². The van der Waals surface area contributed by atoms with E-state index < -0.39 is 6.10 Å². The number of halogens is 1. The summed E-state index contributed by atoms with van der Waals surface area (Å²) in [5.74, 6) is 1.37. The summed E-state index contributed by atoms with van der Waals surface area (Å²) in [5.41, 5.74) is 1.14. The van der Waals surface area contributed by atoms with Gasteiger partial charge in [0.15, 0.2) is 6.10 Å². The summed E-state index contributed by atoms with van der Waals surface area (Å²) >= 11 is 5.95. The van der Waals surface area contributed by atoms with Crippen LogP contribution in [0.15, 0.2) is 48.5 Å². The first-order chi connectivity index (χ1) is 12.1. The Hall–Kier alpha value is -2.20. The van der Waals surface area contributed by atoms with Crippen LogP contribution in [-0.4, -0.2) is 25.7 Å². The molecule has 0 saturated carbocycles. The summed E-state index contributed by atoms with van der Waals surface area (Å²) in [5, 5.41) is 3.53. The smallest absolute Gasteiger partial charge is 0.261 e. The second-order valence-corrected chi connectivity index (χ2v) is 6.11. The van der Waals surface area contributed by atoms with Crippen LogP contribution in [0.2, 0.25) is 5.02 Å². The Morgan fingerprint density at radius 3 is 2.72 bits per heavy atom. The molecule has 0 saturated heterocycles. The van der Waals surface area contributed by atoms with Crippen molar-refractivity contribution < 1.29 is 14.3 Å². The fourth-order valence-corrected chi connectivity index (χ4v) is 2.72. The lowest BCUT2D eigenvalue weighted by Gasteiger charge is -2.17. The molecule has 0 aliphatic carbocycles. The summed E-state index contributed by atoms with van der Waals surface area (Å²) in [6.45, 7) is 2.51. The van der Waals surface area contributed by atoms with E-state index in [1.54, 1.807) is 31.4 Å². The molecule has 0 aromatic heterocycles. The molecule has 2 aromatic carbocycles. The van der Waals surface area contributed by atoms with Gasteiger partial charge in [-0.15, -0.1) is 0 Å². The van der Waals surface area contributed by atoms with Crippen molar-refractivity contribution in [3.8, 4) is 11.5 Å². The zero-order valence-electron chi connectivity index (χ0n) is 14.6. The third kappa shape index (κ3) is 5.98. The molecule has 1 N–H and O–H groups in total. The summed E-state index contributed by atoms with van der Waals surface area (Å²) in [6, 6.07) is 15.0. The van der Waals surface area contributed by atoms with Crippen LogP contribution >= 0.6 is 11.6 Å². The number of para-hydroxylation sites is 1. The van der Waals surface area contributed by atoms with Crippen LogP contribution in [0.25, 0.3) is 0 Å². The van der Waals surface area contributed by atoms with Crippen LogP contribution in [0.4, 0.5) is 0 Å². The van der Waals surface area contributed by atoms with Crippen molar-refractivity contribution in [2.45, 2.75) is 32.3 Å². The minimum atomic E-state index is -0.523. The van der Waals surface area contributed by atoms with Gasteiger partial charge in [0, 0.05) is 11.6 Å². The second-order valence-electron chi connectivity index (χ2n) is 5.68. The van der Waals surface area contributed by atoms with Crippen molar-refractivity contribution >= 4 is 17.5 Å². The monoisotopic (exact) mass is 361 g/mol. The molecule has 0 fully saturated rings. The highest BCUT2D eigenvalue weighted by Gasteiger charge is 2.18. The van der Waals surface area contributed by atoms with Gasteiger partial charge in [0.1, 0.15) is 11.5 Å². The van der Waals surface area contributed by atoms with Crippen LogP contribution < -0.4 is 14.8 Å². The van der Waals surface area contributed by atoms with E-state index in [1.807, 2.05) is 31.2 Å². The van der Waals surface area contributed by atoms with Gasteiger partial charge in [0.05, 0.1) is 7.11 Å². The second kappa shape index (κ2) is 9.94. The molecule has 2 rings (SSSR count). The van der Waals surface area contributed by atoms with Crippen LogP contribution in [-0.2, 0) is 11.2 Å². The normalized spacial score (nSPS) is 11.6. The summed E-state index contributed by atoms with van der Waals surface area (Å²) in [4.78, 5) is 12.3. The quantitative estimate of drug-likeness (QED) is 0.679. The first kappa shape index (κ1) is 19.1. The third-order valence-electron chi connectivity index (χ3n) is 3.85. The predicted molar refractivity (Wildman–Crippen MR) is 100 cm³/mol. The van der Waals surface area contributed by atoms with Crippen molar-refractivity contribution in [1.82, 2.24) is 5.32 Å². The Balaban J connectivity index is 1.80. The maximum Gasteiger partial charge on any atom is 0.261 e. The van der Waals surface area contributed by atoms with E-state index in [1.165, 1.54) is 0 Å². The molecule has 0 heterocycles. The zero-order valence-corrected chi connectivity index (χ0v) is 15.4. The van der Waals surface area contributed by atoms with Gasteiger partial charge < -0.3 is 14.8 Å². The van der Waals surface area contributed by atoms with E-state index in [0.717, 1.165) is 24.2 Å². The fraction of sp³-hybridized carbons (Fsp3) is 0.350. The topological polar surface area (TPSA) is 47.6 Å². The number of aryl methyl sites for hydroxylation is 1. The average Bonchev–Trinajstić information content (AvgIpc) is 2.63. The maximum atomic E-state index is 12.3. The first-order valence-electron chi connectivity index (χ1n) is 8.46. The molecule has 25 heavy (non-hydrogen) atoms. The molecule has 1 atom stereocenters. The minimum Gasteiger partial charge on any atom is -0.496 e. The van der Waals surface area contributed by atoms with Gasteiger partial charge in [-0.05, 0) is 49.1 Å². The lowest BCUT2D eigenvalue weighted by Crippen LogP contribution is -2.38. The number of benzene rings is 2. The molecule has 0 unspecified atom stereocenters. The number of ether oxygens (including phenoxy) is 2. The lowest BCUT2D eigenvalue weighted by atomic mass is 10.1. The minimum absolute atomic E-state index is 0.109. The Bertz CT molecular complexity index is 690. The van der Waals surface area contributed by atoms with Gasteiger partial charge in [-0.25, -0.2) is 0 Å². The molecule has 2 aromatic rings. The Morgan fingerprint density at radius 1 is 1.20 bits per heavy atom. The molecular formula is C20H24ClNO3. The van der Waals surface area contributed by atoms with E-state index in [-0.39, 0.29) is 5.91 Å². The van der Waals surface area contributed by atoms with Crippen molar-refractivity contribution in [2.24, 2.45) is 0 Å².